The molecule has 2 aromatic carbocycles. The van der Waals surface area contributed by atoms with E-state index in [1.54, 1.807) is 0 Å². The molecule has 0 spiro atoms. The minimum Gasteiger partial charge on any atom is -0.489 e. The van der Waals surface area contributed by atoms with Gasteiger partial charge in [0.25, 0.3) is 0 Å². The molecule has 31 heavy (non-hydrogen) atoms. The van der Waals surface area contributed by atoms with Gasteiger partial charge in [0.05, 0.1) is 17.7 Å². The third-order valence-corrected chi connectivity index (χ3v) is 5.03. The molecule has 0 aliphatic heterocycles. The Hall–Kier alpha value is -3.61. The molecule has 0 bridgehead atoms. The Labute approximate surface area is 180 Å². The lowest BCUT2D eigenvalue weighted by Gasteiger charge is -2.08. The van der Waals surface area contributed by atoms with E-state index in [2.05, 4.69) is 15.5 Å². The van der Waals surface area contributed by atoms with Crippen molar-refractivity contribution in [3.05, 3.63) is 70.9 Å². The molecule has 4 aromatic rings. The lowest BCUT2D eigenvalue weighted by molar-refractivity contribution is -0.115. The first kappa shape index (κ1) is 20.7. The number of hydrogen-bond donors (Lipinski definition) is 1. The van der Waals surface area contributed by atoms with E-state index in [9.17, 15) is 4.79 Å². The standard InChI is InChI=1S/C24H25N3O4/c1-14(2)24-26-21-12-18(7-10-22(21)30-24)25-23(28)11-17-5-8-19(9-6-17)29-13-20-15(3)27-31-16(20)4/h5-10,12,14H,11,13H2,1-4H3,(H,25,28). The maximum Gasteiger partial charge on any atom is 0.228 e. The molecule has 0 atom stereocenters. The van der Waals surface area contributed by atoms with Crippen molar-refractivity contribution in [1.82, 2.24) is 10.1 Å². The fourth-order valence-corrected chi connectivity index (χ4v) is 3.23. The second-order valence-corrected chi connectivity index (χ2v) is 7.85. The summed E-state index contributed by atoms with van der Waals surface area (Å²) < 4.78 is 16.7. The number of oxazole rings is 1. The van der Waals surface area contributed by atoms with Crippen LogP contribution in [0.4, 0.5) is 5.69 Å². The predicted octanol–water partition coefficient (Wildman–Crippen LogP) is 5.32. The van der Waals surface area contributed by atoms with Crippen molar-refractivity contribution >= 4 is 22.7 Å². The molecule has 0 saturated carbocycles. The van der Waals surface area contributed by atoms with Crippen LogP contribution >= 0.6 is 0 Å². The molecular formula is C24H25N3O4. The fraction of sp³-hybridized carbons (Fsp3) is 0.292. The summed E-state index contributed by atoms with van der Waals surface area (Å²) in [6.45, 7) is 8.20. The maximum atomic E-state index is 12.5. The molecule has 0 unspecified atom stereocenters. The van der Waals surface area contributed by atoms with Crippen molar-refractivity contribution in [2.45, 2.75) is 46.6 Å². The Morgan fingerprint density at radius 1 is 1.13 bits per heavy atom. The Kier molecular flexibility index (Phi) is 5.75. The number of ether oxygens (including phenoxy) is 1. The van der Waals surface area contributed by atoms with Crippen LogP contribution in [-0.4, -0.2) is 16.0 Å². The zero-order valence-electron chi connectivity index (χ0n) is 18.1. The average Bonchev–Trinajstić information content (AvgIpc) is 3.30. The van der Waals surface area contributed by atoms with Crippen LogP contribution in [0.15, 0.2) is 51.4 Å². The van der Waals surface area contributed by atoms with Crippen LogP contribution in [0.25, 0.3) is 11.1 Å². The number of anilines is 1. The van der Waals surface area contributed by atoms with E-state index in [1.807, 2.05) is 70.2 Å². The highest BCUT2D eigenvalue weighted by Gasteiger charge is 2.12. The van der Waals surface area contributed by atoms with Crippen molar-refractivity contribution in [2.75, 3.05) is 5.32 Å². The number of carbonyl (C=O) groups excluding carboxylic acids is 1. The van der Waals surface area contributed by atoms with Crippen LogP contribution < -0.4 is 10.1 Å². The Balaban J connectivity index is 1.34. The van der Waals surface area contributed by atoms with Gasteiger partial charge >= 0.3 is 0 Å². The van der Waals surface area contributed by atoms with Crippen molar-refractivity contribution < 1.29 is 18.5 Å². The fourth-order valence-electron chi connectivity index (χ4n) is 3.23. The number of carbonyl (C=O) groups is 1. The topological polar surface area (TPSA) is 90.4 Å². The van der Waals surface area contributed by atoms with Gasteiger partial charge in [0.15, 0.2) is 11.5 Å². The average molecular weight is 419 g/mol. The van der Waals surface area contributed by atoms with E-state index in [0.29, 0.717) is 23.8 Å². The molecule has 4 rings (SSSR count). The number of nitrogens with one attached hydrogen (secondary N) is 1. The highest BCUT2D eigenvalue weighted by Crippen LogP contribution is 2.24. The van der Waals surface area contributed by atoms with E-state index in [-0.39, 0.29) is 18.2 Å². The van der Waals surface area contributed by atoms with Gasteiger partial charge in [-0.3, -0.25) is 4.79 Å². The van der Waals surface area contributed by atoms with Gasteiger partial charge in [0.1, 0.15) is 23.6 Å². The van der Waals surface area contributed by atoms with E-state index in [4.69, 9.17) is 13.7 Å². The molecular weight excluding hydrogens is 394 g/mol. The van der Waals surface area contributed by atoms with E-state index in [1.165, 1.54) is 0 Å². The van der Waals surface area contributed by atoms with Crippen LogP contribution in [0.1, 0.15) is 48.2 Å². The summed E-state index contributed by atoms with van der Waals surface area (Å²) in [4.78, 5) is 16.9. The van der Waals surface area contributed by atoms with Crippen LogP contribution in [0.3, 0.4) is 0 Å². The minimum atomic E-state index is -0.101. The van der Waals surface area contributed by atoms with Crippen LogP contribution in [0, 0.1) is 13.8 Å². The molecule has 2 aromatic heterocycles. The van der Waals surface area contributed by atoms with Crippen molar-refractivity contribution in [1.29, 1.82) is 0 Å². The number of aryl methyl sites for hydroxylation is 2. The lowest BCUT2D eigenvalue weighted by atomic mass is 10.1. The molecule has 160 valence electrons. The second kappa shape index (κ2) is 8.63. The molecule has 7 heteroatoms. The number of benzene rings is 2. The zero-order chi connectivity index (χ0) is 22.0. The molecule has 1 N–H and O–H groups in total. The first-order valence-electron chi connectivity index (χ1n) is 10.2. The second-order valence-electron chi connectivity index (χ2n) is 7.85. The van der Waals surface area contributed by atoms with E-state index >= 15 is 0 Å². The van der Waals surface area contributed by atoms with Crippen molar-refractivity contribution in [2.24, 2.45) is 0 Å². The van der Waals surface area contributed by atoms with Gasteiger partial charge in [-0.15, -0.1) is 0 Å². The monoisotopic (exact) mass is 419 g/mol. The zero-order valence-corrected chi connectivity index (χ0v) is 18.1. The van der Waals surface area contributed by atoms with Gasteiger partial charge in [-0.1, -0.05) is 31.1 Å². The third-order valence-electron chi connectivity index (χ3n) is 5.03. The van der Waals surface area contributed by atoms with Gasteiger partial charge in [-0.25, -0.2) is 4.98 Å². The number of aromatic nitrogens is 2. The number of amides is 1. The Morgan fingerprint density at radius 2 is 1.90 bits per heavy atom. The van der Waals surface area contributed by atoms with Gasteiger partial charge in [0, 0.05) is 11.6 Å². The third kappa shape index (κ3) is 4.77. The van der Waals surface area contributed by atoms with Crippen molar-refractivity contribution in [3.8, 4) is 5.75 Å². The van der Waals surface area contributed by atoms with Gasteiger partial charge < -0.3 is 19.0 Å². The Bertz CT molecular complexity index is 1190. The molecule has 0 aliphatic rings. The molecule has 0 radical (unpaired) electrons. The molecule has 0 saturated heterocycles. The highest BCUT2D eigenvalue weighted by atomic mass is 16.5. The molecule has 0 fully saturated rings. The molecule has 2 heterocycles. The maximum absolute atomic E-state index is 12.5. The van der Waals surface area contributed by atoms with Crippen LogP contribution in [0.2, 0.25) is 0 Å². The smallest absolute Gasteiger partial charge is 0.228 e. The first-order valence-corrected chi connectivity index (χ1v) is 10.2. The van der Waals surface area contributed by atoms with Gasteiger partial charge in [0.2, 0.25) is 5.91 Å². The van der Waals surface area contributed by atoms with Gasteiger partial charge in [-0.2, -0.15) is 0 Å². The predicted molar refractivity (Wildman–Crippen MR) is 117 cm³/mol. The summed E-state index contributed by atoms with van der Waals surface area (Å²) in [6.07, 6.45) is 0.262. The number of hydrogen-bond acceptors (Lipinski definition) is 6. The number of nitrogens with zero attached hydrogens (tertiary/aromatic N) is 2. The molecule has 1 amide bonds. The first-order chi connectivity index (χ1) is 14.9. The minimum absolute atomic E-state index is 0.101. The molecule has 0 aliphatic carbocycles. The van der Waals surface area contributed by atoms with Crippen LogP contribution in [-0.2, 0) is 17.8 Å². The largest absolute Gasteiger partial charge is 0.489 e. The van der Waals surface area contributed by atoms with Gasteiger partial charge in [-0.05, 0) is 49.7 Å². The number of fused-ring (bicyclic) bond motifs is 1. The number of rotatable bonds is 7. The summed E-state index contributed by atoms with van der Waals surface area (Å²) in [7, 11) is 0. The summed E-state index contributed by atoms with van der Waals surface area (Å²) in [5.41, 5.74) is 4.82. The van der Waals surface area contributed by atoms with E-state index < -0.39 is 0 Å². The van der Waals surface area contributed by atoms with Crippen LogP contribution in [0.5, 0.6) is 5.75 Å². The SMILES string of the molecule is Cc1noc(C)c1COc1ccc(CC(=O)Nc2ccc3oc(C(C)C)nc3c2)cc1. The highest BCUT2D eigenvalue weighted by molar-refractivity contribution is 5.94. The van der Waals surface area contributed by atoms with Crippen molar-refractivity contribution in [3.63, 3.8) is 0 Å². The quantitative estimate of drug-likeness (QED) is 0.436. The lowest BCUT2D eigenvalue weighted by Crippen LogP contribution is -2.14. The summed E-state index contributed by atoms with van der Waals surface area (Å²) in [5.74, 6) is 2.28. The van der Waals surface area contributed by atoms with E-state index in [0.717, 1.165) is 33.8 Å². The normalized spacial score (nSPS) is 11.3. The molecule has 7 nitrogen and oxygen atoms in total. The summed E-state index contributed by atoms with van der Waals surface area (Å²) in [5, 5.41) is 6.85. The summed E-state index contributed by atoms with van der Waals surface area (Å²) >= 11 is 0. The Morgan fingerprint density at radius 3 is 2.58 bits per heavy atom. The summed E-state index contributed by atoms with van der Waals surface area (Å²) in [6, 6.07) is 13.0.